The fourth-order valence-corrected chi connectivity index (χ4v) is 3.35. The van der Waals surface area contributed by atoms with Crippen LogP contribution in [0.4, 0.5) is 0 Å². The summed E-state index contributed by atoms with van der Waals surface area (Å²) in [6.07, 6.45) is 4.48. The van der Waals surface area contributed by atoms with E-state index in [2.05, 4.69) is 30.9 Å². The summed E-state index contributed by atoms with van der Waals surface area (Å²) >= 11 is 1.82. The molecule has 1 aliphatic rings. The third kappa shape index (κ3) is 2.83. The lowest BCUT2D eigenvalue weighted by atomic mass is 10.1. The third-order valence-electron chi connectivity index (χ3n) is 3.12. The van der Waals surface area contributed by atoms with Crippen LogP contribution >= 0.6 is 11.8 Å². The first kappa shape index (κ1) is 13.3. The average Bonchev–Trinajstić information content (AvgIpc) is 2.39. The van der Waals surface area contributed by atoms with E-state index < -0.39 is 0 Å². The van der Waals surface area contributed by atoms with Gasteiger partial charge in [-0.3, -0.25) is 0 Å². The van der Waals surface area contributed by atoms with Gasteiger partial charge in [-0.25, -0.2) is 0 Å². The maximum absolute atomic E-state index is 9.94. The van der Waals surface area contributed by atoms with Crippen molar-refractivity contribution in [1.82, 2.24) is 4.90 Å². The standard InChI is InChI=1S/C15H21NOS/c1-3-8-16(9-4-2)12-10-13-14(17)6-5-7-15(13)18-11-12/h5-7,10,17H,3-4,8-9,11H2,1-2H3. The first-order valence-corrected chi connectivity index (χ1v) is 7.65. The van der Waals surface area contributed by atoms with Crippen LogP contribution in [0.25, 0.3) is 6.08 Å². The van der Waals surface area contributed by atoms with Crippen LogP contribution in [0.3, 0.4) is 0 Å². The highest BCUT2D eigenvalue weighted by Crippen LogP contribution is 2.37. The highest BCUT2D eigenvalue weighted by Gasteiger charge is 2.17. The van der Waals surface area contributed by atoms with E-state index in [-0.39, 0.29) is 0 Å². The van der Waals surface area contributed by atoms with Gasteiger partial charge in [0.05, 0.1) is 0 Å². The Morgan fingerprint density at radius 1 is 1.22 bits per heavy atom. The van der Waals surface area contributed by atoms with Gasteiger partial charge in [0.25, 0.3) is 0 Å². The van der Waals surface area contributed by atoms with Gasteiger partial charge in [-0.05, 0) is 31.1 Å². The van der Waals surface area contributed by atoms with E-state index in [0.29, 0.717) is 5.75 Å². The maximum Gasteiger partial charge on any atom is 0.123 e. The predicted molar refractivity (Wildman–Crippen MR) is 79.0 cm³/mol. The Kier molecular flexibility index (Phi) is 4.59. The van der Waals surface area contributed by atoms with Crippen molar-refractivity contribution in [1.29, 1.82) is 0 Å². The predicted octanol–water partition coefficient (Wildman–Crippen LogP) is 3.96. The summed E-state index contributed by atoms with van der Waals surface area (Å²) in [6, 6.07) is 5.76. The van der Waals surface area contributed by atoms with Crippen LogP contribution in [0.5, 0.6) is 5.75 Å². The maximum atomic E-state index is 9.94. The van der Waals surface area contributed by atoms with Crippen LogP contribution in [0.15, 0.2) is 28.8 Å². The number of aromatic hydroxyl groups is 1. The van der Waals surface area contributed by atoms with Crippen molar-refractivity contribution in [3.8, 4) is 5.75 Å². The second-order valence-electron chi connectivity index (χ2n) is 4.60. The molecule has 0 unspecified atom stereocenters. The molecule has 0 bridgehead atoms. The van der Waals surface area contributed by atoms with Crippen molar-refractivity contribution in [2.75, 3.05) is 18.8 Å². The quantitative estimate of drug-likeness (QED) is 0.869. The zero-order valence-electron chi connectivity index (χ0n) is 11.1. The Bertz CT molecular complexity index is 436. The first-order chi connectivity index (χ1) is 8.76. The molecule has 1 heterocycles. The van der Waals surface area contributed by atoms with Gasteiger partial charge in [0.1, 0.15) is 5.75 Å². The SMILES string of the molecule is CCCN(CCC)C1=Cc2c(O)cccc2SC1. The minimum atomic E-state index is 0.394. The van der Waals surface area contributed by atoms with Gasteiger partial charge in [0.15, 0.2) is 0 Å². The fourth-order valence-electron chi connectivity index (χ4n) is 2.28. The molecule has 0 atom stereocenters. The Morgan fingerprint density at radius 2 is 1.94 bits per heavy atom. The number of phenolic OH excluding ortho intramolecular Hbond substituents is 1. The van der Waals surface area contributed by atoms with Gasteiger partial charge >= 0.3 is 0 Å². The zero-order valence-corrected chi connectivity index (χ0v) is 12.0. The molecule has 1 aromatic rings. The summed E-state index contributed by atoms with van der Waals surface area (Å²) in [5, 5.41) is 9.94. The van der Waals surface area contributed by atoms with Crippen molar-refractivity contribution in [3.63, 3.8) is 0 Å². The van der Waals surface area contributed by atoms with Gasteiger partial charge in [0, 0.05) is 35.0 Å². The molecule has 2 rings (SSSR count). The molecule has 0 spiro atoms. The molecule has 0 fully saturated rings. The van der Waals surface area contributed by atoms with E-state index in [9.17, 15) is 5.11 Å². The van der Waals surface area contributed by atoms with Gasteiger partial charge < -0.3 is 10.0 Å². The molecule has 98 valence electrons. The van der Waals surface area contributed by atoms with Crippen LogP contribution in [0.1, 0.15) is 32.3 Å². The lowest BCUT2D eigenvalue weighted by Crippen LogP contribution is -2.26. The number of nitrogens with zero attached hydrogens (tertiary/aromatic N) is 1. The summed E-state index contributed by atoms with van der Waals surface area (Å²) in [7, 11) is 0. The van der Waals surface area contributed by atoms with E-state index in [1.165, 1.54) is 10.6 Å². The van der Waals surface area contributed by atoms with Crippen molar-refractivity contribution in [2.45, 2.75) is 31.6 Å². The Morgan fingerprint density at radius 3 is 2.61 bits per heavy atom. The summed E-state index contributed by atoms with van der Waals surface area (Å²) in [5.41, 5.74) is 2.33. The molecule has 0 aromatic heterocycles. The Balaban J connectivity index is 2.27. The van der Waals surface area contributed by atoms with E-state index in [0.717, 1.165) is 37.2 Å². The molecule has 1 aromatic carbocycles. The third-order valence-corrected chi connectivity index (χ3v) is 4.23. The summed E-state index contributed by atoms with van der Waals surface area (Å²) < 4.78 is 0. The number of phenols is 1. The van der Waals surface area contributed by atoms with Crippen molar-refractivity contribution < 1.29 is 5.11 Å². The van der Waals surface area contributed by atoms with Gasteiger partial charge in [0.2, 0.25) is 0 Å². The number of hydrogen-bond donors (Lipinski definition) is 1. The molecule has 0 saturated heterocycles. The number of fused-ring (bicyclic) bond motifs is 1. The van der Waals surface area contributed by atoms with Gasteiger partial charge in [-0.15, -0.1) is 11.8 Å². The van der Waals surface area contributed by atoms with Crippen molar-refractivity contribution in [2.24, 2.45) is 0 Å². The van der Waals surface area contributed by atoms with Crippen LogP contribution in [0.2, 0.25) is 0 Å². The highest BCUT2D eigenvalue weighted by molar-refractivity contribution is 7.99. The number of hydrogen-bond acceptors (Lipinski definition) is 3. The van der Waals surface area contributed by atoms with Crippen LogP contribution < -0.4 is 0 Å². The average molecular weight is 263 g/mol. The van der Waals surface area contributed by atoms with Gasteiger partial charge in [-0.1, -0.05) is 19.9 Å². The Hall–Kier alpha value is -1.09. The second kappa shape index (κ2) is 6.19. The fraction of sp³-hybridized carbons (Fsp3) is 0.467. The van der Waals surface area contributed by atoms with Crippen LogP contribution in [-0.4, -0.2) is 28.8 Å². The molecule has 18 heavy (non-hydrogen) atoms. The van der Waals surface area contributed by atoms with E-state index in [4.69, 9.17) is 0 Å². The second-order valence-corrected chi connectivity index (χ2v) is 5.62. The molecule has 0 aliphatic carbocycles. The van der Waals surface area contributed by atoms with Crippen molar-refractivity contribution >= 4 is 17.8 Å². The molecular formula is C15H21NOS. The van der Waals surface area contributed by atoms with Crippen LogP contribution in [-0.2, 0) is 0 Å². The molecule has 3 heteroatoms. The number of rotatable bonds is 5. The minimum Gasteiger partial charge on any atom is -0.507 e. The normalized spacial score (nSPS) is 14.0. The van der Waals surface area contributed by atoms with E-state index >= 15 is 0 Å². The largest absolute Gasteiger partial charge is 0.507 e. The summed E-state index contributed by atoms with van der Waals surface area (Å²) in [5.74, 6) is 1.40. The smallest absolute Gasteiger partial charge is 0.123 e. The Labute approximate surface area is 114 Å². The highest BCUT2D eigenvalue weighted by atomic mass is 32.2. The molecule has 0 radical (unpaired) electrons. The number of benzene rings is 1. The van der Waals surface area contributed by atoms with Gasteiger partial charge in [-0.2, -0.15) is 0 Å². The molecule has 0 saturated carbocycles. The summed E-state index contributed by atoms with van der Waals surface area (Å²) in [4.78, 5) is 3.63. The molecule has 1 aliphatic heterocycles. The zero-order chi connectivity index (χ0) is 13.0. The number of thioether (sulfide) groups is 1. The van der Waals surface area contributed by atoms with E-state index in [1.54, 1.807) is 6.07 Å². The molecule has 1 N–H and O–H groups in total. The van der Waals surface area contributed by atoms with E-state index in [1.807, 2.05) is 17.8 Å². The topological polar surface area (TPSA) is 23.5 Å². The lowest BCUT2D eigenvalue weighted by Gasteiger charge is -2.29. The first-order valence-electron chi connectivity index (χ1n) is 6.66. The lowest BCUT2D eigenvalue weighted by molar-refractivity contribution is 0.349. The van der Waals surface area contributed by atoms with Crippen LogP contribution in [0, 0.1) is 0 Å². The molecular weight excluding hydrogens is 242 g/mol. The molecule has 2 nitrogen and oxygen atoms in total. The van der Waals surface area contributed by atoms with Crippen molar-refractivity contribution in [3.05, 3.63) is 29.5 Å². The summed E-state index contributed by atoms with van der Waals surface area (Å²) in [6.45, 7) is 6.63. The monoisotopic (exact) mass is 263 g/mol. The molecule has 0 amide bonds. The minimum absolute atomic E-state index is 0.394.